The van der Waals surface area contributed by atoms with Gasteiger partial charge in [-0.15, -0.1) is 13.0 Å². The number of hydrogen-bond donors (Lipinski definition) is 1. The molecule has 0 aliphatic rings. The quantitative estimate of drug-likeness (QED) is 0.515. The summed E-state index contributed by atoms with van der Waals surface area (Å²) in [4.78, 5) is 19.8. The molecule has 0 spiro atoms. The molecule has 0 amide bonds. The first-order valence-corrected chi connectivity index (χ1v) is 8.64. The van der Waals surface area contributed by atoms with Crippen LogP contribution in [0.5, 0.6) is 11.5 Å². The van der Waals surface area contributed by atoms with Crippen LogP contribution in [0.25, 0.3) is 22.3 Å². The van der Waals surface area contributed by atoms with Gasteiger partial charge in [0.05, 0.1) is 17.5 Å². The Kier molecular flexibility index (Phi) is 5.58. The smallest absolute Gasteiger partial charge is 0.259 e. The molecular weight excluding hydrogens is 340 g/mol. The van der Waals surface area contributed by atoms with Crippen molar-refractivity contribution in [3.63, 3.8) is 0 Å². The highest BCUT2D eigenvalue weighted by atomic mass is 16.5. The summed E-state index contributed by atoms with van der Waals surface area (Å²) in [7, 11) is 0. The van der Waals surface area contributed by atoms with E-state index in [0.29, 0.717) is 41.3 Å². The first-order valence-electron chi connectivity index (χ1n) is 8.64. The second-order valence-corrected chi connectivity index (χ2v) is 5.81. The standard InChI is InChI=1S/C22H20N2O3/c1-4-9-15-13-16(14-19(26-6-3)20(15)27-12-5-2)21-23-18-11-8-7-10-17(18)22(25)24-21/h2,4,7-8,10-11,13-14H,1,6,9,12H2,3H3,(H,23,24,25). The van der Waals surface area contributed by atoms with Gasteiger partial charge < -0.3 is 14.5 Å². The maximum Gasteiger partial charge on any atom is 0.259 e. The molecule has 5 nitrogen and oxygen atoms in total. The number of allylic oxidation sites excluding steroid dienone is 1. The van der Waals surface area contributed by atoms with Crippen LogP contribution in [-0.4, -0.2) is 23.2 Å². The van der Waals surface area contributed by atoms with Gasteiger partial charge in [0, 0.05) is 11.1 Å². The fraction of sp³-hybridized carbons (Fsp3) is 0.182. The Labute approximate surface area is 157 Å². The minimum absolute atomic E-state index is 0.134. The summed E-state index contributed by atoms with van der Waals surface area (Å²) in [6.07, 6.45) is 7.66. The molecule has 0 saturated carbocycles. The van der Waals surface area contributed by atoms with Gasteiger partial charge in [0.25, 0.3) is 5.56 Å². The van der Waals surface area contributed by atoms with E-state index in [4.69, 9.17) is 15.9 Å². The molecule has 3 rings (SSSR count). The Bertz CT molecular complexity index is 1080. The van der Waals surface area contributed by atoms with Crippen LogP contribution >= 0.6 is 0 Å². The summed E-state index contributed by atoms with van der Waals surface area (Å²) in [6.45, 7) is 6.29. The lowest BCUT2D eigenvalue weighted by atomic mass is 10.0. The monoisotopic (exact) mass is 360 g/mol. The van der Waals surface area contributed by atoms with Crippen molar-refractivity contribution in [2.45, 2.75) is 13.3 Å². The molecule has 0 aliphatic carbocycles. The summed E-state index contributed by atoms with van der Waals surface area (Å²) >= 11 is 0. The van der Waals surface area contributed by atoms with E-state index in [1.54, 1.807) is 18.2 Å². The number of para-hydroxylation sites is 1. The molecule has 0 unspecified atom stereocenters. The minimum atomic E-state index is -0.188. The predicted octanol–water partition coefficient (Wildman–Crippen LogP) is 3.73. The van der Waals surface area contributed by atoms with Gasteiger partial charge in [-0.05, 0) is 37.6 Å². The lowest BCUT2D eigenvalue weighted by Crippen LogP contribution is -2.10. The molecule has 1 N–H and O–H groups in total. The summed E-state index contributed by atoms with van der Waals surface area (Å²) in [5, 5.41) is 0.548. The number of fused-ring (bicyclic) bond motifs is 1. The number of H-pyrrole nitrogens is 1. The molecule has 27 heavy (non-hydrogen) atoms. The minimum Gasteiger partial charge on any atom is -0.490 e. The Morgan fingerprint density at radius 1 is 1.30 bits per heavy atom. The maximum absolute atomic E-state index is 12.4. The van der Waals surface area contributed by atoms with E-state index in [1.807, 2.05) is 31.2 Å². The molecule has 5 heteroatoms. The topological polar surface area (TPSA) is 64.2 Å². The molecular formula is C22H20N2O3. The van der Waals surface area contributed by atoms with Crippen LogP contribution in [0.4, 0.5) is 0 Å². The van der Waals surface area contributed by atoms with Gasteiger partial charge in [0.15, 0.2) is 11.5 Å². The van der Waals surface area contributed by atoms with E-state index in [1.165, 1.54) is 0 Å². The third-order valence-electron chi connectivity index (χ3n) is 3.98. The largest absolute Gasteiger partial charge is 0.490 e. The normalized spacial score (nSPS) is 10.4. The van der Waals surface area contributed by atoms with E-state index in [9.17, 15) is 4.79 Å². The molecule has 0 radical (unpaired) electrons. The van der Waals surface area contributed by atoms with Gasteiger partial charge in [-0.1, -0.05) is 24.1 Å². The maximum atomic E-state index is 12.4. The highest BCUT2D eigenvalue weighted by Gasteiger charge is 2.16. The van der Waals surface area contributed by atoms with Gasteiger partial charge in [-0.3, -0.25) is 4.79 Å². The Balaban J connectivity index is 2.19. The SMILES string of the molecule is C#CCOc1c(CC=C)cc(-c2nc3ccccc3c(=O)[nH]2)cc1OCC. The third kappa shape index (κ3) is 3.85. The van der Waals surface area contributed by atoms with Crippen molar-refractivity contribution in [2.24, 2.45) is 0 Å². The number of ether oxygens (including phenoxy) is 2. The number of rotatable bonds is 7. The lowest BCUT2D eigenvalue weighted by molar-refractivity contribution is 0.297. The number of aromatic nitrogens is 2. The number of terminal acetylenes is 1. The Morgan fingerprint density at radius 2 is 2.11 bits per heavy atom. The van der Waals surface area contributed by atoms with Crippen LogP contribution < -0.4 is 15.0 Å². The summed E-state index contributed by atoms with van der Waals surface area (Å²) in [6, 6.07) is 10.9. The van der Waals surface area contributed by atoms with Gasteiger partial charge >= 0.3 is 0 Å². The van der Waals surface area contributed by atoms with Crippen molar-refractivity contribution in [2.75, 3.05) is 13.2 Å². The second-order valence-electron chi connectivity index (χ2n) is 5.81. The second kappa shape index (κ2) is 8.24. The van der Waals surface area contributed by atoms with Crippen molar-refractivity contribution >= 4 is 10.9 Å². The average Bonchev–Trinajstić information content (AvgIpc) is 2.67. The van der Waals surface area contributed by atoms with Gasteiger partial charge in [-0.25, -0.2) is 4.98 Å². The fourth-order valence-electron chi connectivity index (χ4n) is 2.87. The molecule has 0 aliphatic heterocycles. The number of nitrogens with zero attached hydrogens (tertiary/aromatic N) is 1. The number of hydrogen-bond acceptors (Lipinski definition) is 4. The van der Waals surface area contributed by atoms with Gasteiger partial charge in [0.1, 0.15) is 12.4 Å². The van der Waals surface area contributed by atoms with Crippen LogP contribution in [0.15, 0.2) is 53.8 Å². The molecule has 1 heterocycles. The zero-order valence-electron chi connectivity index (χ0n) is 15.1. The molecule has 2 aromatic carbocycles. The highest BCUT2D eigenvalue weighted by molar-refractivity contribution is 5.79. The van der Waals surface area contributed by atoms with Crippen molar-refractivity contribution in [1.29, 1.82) is 0 Å². The van der Waals surface area contributed by atoms with E-state index < -0.39 is 0 Å². The van der Waals surface area contributed by atoms with E-state index in [2.05, 4.69) is 22.5 Å². The van der Waals surface area contributed by atoms with Gasteiger partial charge in [-0.2, -0.15) is 0 Å². The third-order valence-corrected chi connectivity index (χ3v) is 3.98. The van der Waals surface area contributed by atoms with Crippen LogP contribution in [-0.2, 0) is 6.42 Å². The van der Waals surface area contributed by atoms with Crippen molar-refractivity contribution in [3.8, 4) is 35.2 Å². The van der Waals surface area contributed by atoms with Crippen LogP contribution in [0.1, 0.15) is 12.5 Å². The van der Waals surface area contributed by atoms with Crippen LogP contribution in [0.3, 0.4) is 0 Å². The number of benzene rings is 2. The molecule has 0 atom stereocenters. The lowest BCUT2D eigenvalue weighted by Gasteiger charge is -2.16. The van der Waals surface area contributed by atoms with Crippen molar-refractivity contribution in [3.05, 3.63) is 65.0 Å². The van der Waals surface area contributed by atoms with Gasteiger partial charge in [0.2, 0.25) is 0 Å². The van der Waals surface area contributed by atoms with Crippen molar-refractivity contribution in [1.82, 2.24) is 9.97 Å². The fourth-order valence-corrected chi connectivity index (χ4v) is 2.87. The zero-order valence-corrected chi connectivity index (χ0v) is 15.1. The molecule has 0 saturated heterocycles. The first-order chi connectivity index (χ1) is 13.2. The van der Waals surface area contributed by atoms with E-state index >= 15 is 0 Å². The highest BCUT2D eigenvalue weighted by Crippen LogP contribution is 2.36. The van der Waals surface area contributed by atoms with E-state index in [-0.39, 0.29) is 12.2 Å². The zero-order chi connectivity index (χ0) is 19.2. The summed E-state index contributed by atoms with van der Waals surface area (Å²) in [5.41, 5.74) is 2.03. The summed E-state index contributed by atoms with van der Waals surface area (Å²) in [5.74, 6) is 4.07. The van der Waals surface area contributed by atoms with Crippen LogP contribution in [0.2, 0.25) is 0 Å². The molecule has 1 aromatic heterocycles. The number of nitrogens with one attached hydrogen (secondary N) is 1. The molecule has 3 aromatic rings. The van der Waals surface area contributed by atoms with E-state index in [0.717, 1.165) is 11.1 Å². The Hall–Kier alpha value is -3.52. The number of aromatic amines is 1. The Morgan fingerprint density at radius 3 is 2.85 bits per heavy atom. The average molecular weight is 360 g/mol. The molecule has 0 fully saturated rings. The predicted molar refractivity (Wildman–Crippen MR) is 107 cm³/mol. The first kappa shape index (κ1) is 18.3. The van der Waals surface area contributed by atoms with Crippen LogP contribution in [0, 0.1) is 12.3 Å². The summed E-state index contributed by atoms with van der Waals surface area (Å²) < 4.78 is 11.5. The molecule has 136 valence electrons. The molecule has 0 bridgehead atoms. The van der Waals surface area contributed by atoms with Crippen molar-refractivity contribution < 1.29 is 9.47 Å².